The van der Waals surface area contributed by atoms with Gasteiger partial charge >= 0.3 is 0 Å². The lowest BCUT2D eigenvalue weighted by Crippen LogP contribution is -2.40. The van der Waals surface area contributed by atoms with E-state index in [0.29, 0.717) is 22.8 Å². The molecule has 154 valence electrons. The minimum Gasteiger partial charge on any atom is -0.351 e. The maximum absolute atomic E-state index is 14.4. The molecule has 0 aliphatic rings. The third kappa shape index (κ3) is 5.43. The van der Waals surface area contributed by atoms with Gasteiger partial charge in [0.15, 0.2) is 0 Å². The zero-order chi connectivity index (χ0) is 21.2. The van der Waals surface area contributed by atoms with Crippen LogP contribution in [0.3, 0.4) is 0 Å². The van der Waals surface area contributed by atoms with Gasteiger partial charge in [-0.05, 0) is 72.4 Å². The molecule has 0 saturated carbocycles. The fourth-order valence-electron chi connectivity index (χ4n) is 3.28. The number of halogens is 2. The van der Waals surface area contributed by atoms with Crippen molar-refractivity contribution in [2.75, 3.05) is 32.5 Å². The summed E-state index contributed by atoms with van der Waals surface area (Å²) in [5, 5.41) is 7.49. The quantitative estimate of drug-likeness (QED) is 0.421. The van der Waals surface area contributed by atoms with Gasteiger partial charge in [-0.15, -0.1) is 0 Å². The molecular weight excluding hydrogens is 502 g/mol. The van der Waals surface area contributed by atoms with Crippen molar-refractivity contribution in [1.29, 1.82) is 0 Å². The molecule has 5 nitrogen and oxygen atoms in total. The number of pyridine rings is 1. The number of hydrogen-bond donors (Lipinski definition) is 2. The Kier molecular flexibility index (Phi) is 6.75. The van der Waals surface area contributed by atoms with Gasteiger partial charge in [0, 0.05) is 28.2 Å². The van der Waals surface area contributed by atoms with Crippen molar-refractivity contribution in [3.05, 3.63) is 51.5 Å². The lowest BCUT2D eigenvalue weighted by molar-refractivity contribution is 0.0932. The summed E-state index contributed by atoms with van der Waals surface area (Å²) < 4.78 is 15.2. The van der Waals surface area contributed by atoms with Crippen LogP contribution < -0.4 is 10.6 Å². The van der Waals surface area contributed by atoms with Gasteiger partial charge in [-0.25, -0.2) is 9.37 Å². The highest BCUT2D eigenvalue weighted by molar-refractivity contribution is 14.1. The minimum absolute atomic E-state index is 0.0843. The van der Waals surface area contributed by atoms with Gasteiger partial charge in [0.05, 0.1) is 11.3 Å². The van der Waals surface area contributed by atoms with Crippen LogP contribution in [0.1, 0.15) is 24.2 Å². The number of carbonyl (C=O) groups excluding carboxylic acids is 1. The van der Waals surface area contributed by atoms with Crippen molar-refractivity contribution in [3.8, 4) is 0 Å². The van der Waals surface area contributed by atoms with E-state index >= 15 is 0 Å². The van der Waals surface area contributed by atoms with E-state index in [1.54, 1.807) is 18.3 Å². The number of nitrogens with one attached hydrogen (secondary N) is 2. The minimum atomic E-state index is -0.360. The van der Waals surface area contributed by atoms with Gasteiger partial charge < -0.3 is 15.5 Å². The van der Waals surface area contributed by atoms with Crippen molar-refractivity contribution in [1.82, 2.24) is 15.2 Å². The molecule has 0 bridgehead atoms. The van der Waals surface area contributed by atoms with Crippen LogP contribution in [0.5, 0.6) is 0 Å². The molecule has 0 radical (unpaired) electrons. The van der Waals surface area contributed by atoms with E-state index in [1.807, 2.05) is 26.2 Å². The average Bonchev–Trinajstić information content (AvgIpc) is 2.99. The first-order valence-corrected chi connectivity index (χ1v) is 11.1. The number of aromatic nitrogens is 1. The van der Waals surface area contributed by atoms with Gasteiger partial charge in [-0.2, -0.15) is 0 Å². The summed E-state index contributed by atoms with van der Waals surface area (Å²) in [7, 11) is 4.03. The molecule has 29 heavy (non-hydrogen) atoms. The van der Waals surface area contributed by atoms with E-state index in [1.165, 1.54) is 17.4 Å². The van der Waals surface area contributed by atoms with Gasteiger partial charge in [-0.1, -0.05) is 25.2 Å². The topological polar surface area (TPSA) is 57.3 Å². The molecule has 3 aromatic rings. The third-order valence-electron chi connectivity index (χ3n) is 4.34. The highest BCUT2D eigenvalue weighted by Gasteiger charge is 2.24. The number of nitrogens with zero attached hydrogens (tertiary/aromatic N) is 2. The Balaban J connectivity index is 1.91. The highest BCUT2D eigenvalue weighted by atomic mass is 127. The standard InChI is InChI=1S/C21H24FIN4OS/c1-21(2,12-27(3)4)11-25-18(28)17-14-6-5-9-24-19(14)29-20(17)26-16-8-7-13(23)10-15(16)22/h5-10,26H,11-12H2,1-4H3,(H,25,28). The highest BCUT2D eigenvalue weighted by Crippen LogP contribution is 2.37. The number of anilines is 2. The average molecular weight is 526 g/mol. The first-order chi connectivity index (χ1) is 13.7. The summed E-state index contributed by atoms with van der Waals surface area (Å²) >= 11 is 3.41. The number of thiophene rings is 1. The van der Waals surface area contributed by atoms with Crippen molar-refractivity contribution in [2.24, 2.45) is 5.41 Å². The fourth-order valence-corrected chi connectivity index (χ4v) is 4.78. The van der Waals surface area contributed by atoms with Gasteiger partial charge in [0.1, 0.15) is 15.6 Å². The fraction of sp³-hybridized carbons (Fsp3) is 0.333. The summed E-state index contributed by atoms with van der Waals surface area (Å²) in [6.45, 7) is 5.60. The molecule has 0 aliphatic carbocycles. The molecule has 1 amide bonds. The lowest BCUT2D eigenvalue weighted by Gasteiger charge is -2.28. The Labute approximate surface area is 187 Å². The van der Waals surface area contributed by atoms with Gasteiger partial charge in [-0.3, -0.25) is 4.79 Å². The summed E-state index contributed by atoms with van der Waals surface area (Å²) in [5.41, 5.74) is 0.745. The molecule has 0 spiro atoms. The number of amides is 1. The largest absolute Gasteiger partial charge is 0.351 e. The molecule has 0 unspecified atom stereocenters. The van der Waals surface area contributed by atoms with E-state index in [0.717, 1.165) is 20.3 Å². The van der Waals surface area contributed by atoms with Crippen LogP contribution in [0.25, 0.3) is 10.2 Å². The maximum atomic E-state index is 14.4. The van der Waals surface area contributed by atoms with Crippen LogP contribution in [0.2, 0.25) is 0 Å². The van der Waals surface area contributed by atoms with E-state index < -0.39 is 0 Å². The zero-order valence-electron chi connectivity index (χ0n) is 16.8. The number of rotatable bonds is 7. The Bertz CT molecular complexity index is 1030. The van der Waals surface area contributed by atoms with Crippen LogP contribution in [0, 0.1) is 14.8 Å². The first-order valence-electron chi connectivity index (χ1n) is 9.19. The van der Waals surface area contributed by atoms with Crippen molar-refractivity contribution in [3.63, 3.8) is 0 Å². The Morgan fingerprint density at radius 3 is 2.76 bits per heavy atom. The molecule has 2 heterocycles. The van der Waals surface area contributed by atoms with Crippen LogP contribution in [0.4, 0.5) is 15.1 Å². The Hall–Kier alpha value is -1.78. The second kappa shape index (κ2) is 8.93. The van der Waals surface area contributed by atoms with Gasteiger partial charge in [0.2, 0.25) is 0 Å². The molecule has 2 aromatic heterocycles. The maximum Gasteiger partial charge on any atom is 0.255 e. The van der Waals surface area contributed by atoms with Crippen molar-refractivity contribution in [2.45, 2.75) is 13.8 Å². The summed E-state index contributed by atoms with van der Waals surface area (Å²) in [4.78, 5) is 20.3. The van der Waals surface area contributed by atoms with Crippen molar-refractivity contribution < 1.29 is 9.18 Å². The smallest absolute Gasteiger partial charge is 0.255 e. The monoisotopic (exact) mass is 526 g/mol. The molecule has 1 aromatic carbocycles. The molecular formula is C21H24FIN4OS. The van der Waals surface area contributed by atoms with E-state index in [2.05, 4.69) is 57.0 Å². The first kappa shape index (κ1) is 21.9. The molecule has 0 atom stereocenters. The molecule has 2 N–H and O–H groups in total. The van der Waals surface area contributed by atoms with Crippen LogP contribution >= 0.6 is 33.9 Å². The second-order valence-electron chi connectivity index (χ2n) is 8.00. The lowest BCUT2D eigenvalue weighted by atomic mass is 9.93. The summed E-state index contributed by atoms with van der Waals surface area (Å²) in [5.74, 6) is -0.551. The molecule has 3 rings (SSSR count). The predicted octanol–water partition coefficient (Wildman–Crippen LogP) is 5.10. The molecule has 0 aliphatic heterocycles. The van der Waals surface area contributed by atoms with E-state index in [-0.39, 0.29) is 17.1 Å². The number of fused-ring (bicyclic) bond motifs is 1. The molecule has 8 heteroatoms. The number of carbonyl (C=O) groups is 1. The molecule has 0 saturated heterocycles. The Morgan fingerprint density at radius 1 is 1.31 bits per heavy atom. The molecule has 0 fully saturated rings. The van der Waals surface area contributed by atoms with Crippen LogP contribution in [-0.4, -0.2) is 43.0 Å². The van der Waals surface area contributed by atoms with Gasteiger partial charge in [0.25, 0.3) is 5.91 Å². The van der Waals surface area contributed by atoms with Crippen molar-refractivity contribution >= 4 is 60.7 Å². The SMILES string of the molecule is CN(C)CC(C)(C)CNC(=O)c1c(Nc2ccc(I)cc2F)sc2ncccc12. The Morgan fingerprint density at radius 2 is 2.07 bits per heavy atom. The van der Waals surface area contributed by atoms with Crippen LogP contribution in [-0.2, 0) is 0 Å². The number of benzene rings is 1. The van der Waals surface area contributed by atoms with Crippen LogP contribution in [0.15, 0.2) is 36.5 Å². The summed E-state index contributed by atoms with van der Waals surface area (Å²) in [6, 6.07) is 8.63. The summed E-state index contributed by atoms with van der Waals surface area (Å²) in [6.07, 6.45) is 1.69. The number of hydrogen-bond acceptors (Lipinski definition) is 5. The zero-order valence-corrected chi connectivity index (χ0v) is 19.8. The van der Waals surface area contributed by atoms with E-state index in [4.69, 9.17) is 0 Å². The predicted molar refractivity (Wildman–Crippen MR) is 127 cm³/mol. The second-order valence-corrected chi connectivity index (χ2v) is 10.2. The third-order valence-corrected chi connectivity index (χ3v) is 6.04. The normalized spacial score (nSPS) is 11.8. The van der Waals surface area contributed by atoms with E-state index in [9.17, 15) is 9.18 Å².